The Hall–Kier alpha value is -1.06. The molecule has 0 spiro atoms. The zero-order valence-corrected chi connectivity index (χ0v) is 5.70. The molecule has 0 saturated carbocycles. The summed E-state index contributed by atoms with van der Waals surface area (Å²) >= 11 is 0. The zero-order valence-electron chi connectivity index (χ0n) is 5.70. The second-order valence-electron chi connectivity index (χ2n) is 2.01. The van der Waals surface area contributed by atoms with Crippen LogP contribution in [0.3, 0.4) is 0 Å². The van der Waals surface area contributed by atoms with Gasteiger partial charge in [0.15, 0.2) is 0 Å². The van der Waals surface area contributed by atoms with Crippen molar-refractivity contribution in [2.24, 2.45) is 0 Å². The molecule has 0 fully saturated rings. The van der Waals surface area contributed by atoms with Gasteiger partial charge in [-0.3, -0.25) is 4.79 Å². The Morgan fingerprint density at radius 3 is 2.80 bits per heavy atom. The van der Waals surface area contributed by atoms with Crippen LogP contribution in [0.4, 0.5) is 4.39 Å². The van der Waals surface area contributed by atoms with Gasteiger partial charge in [0.2, 0.25) is 5.83 Å². The topological polar surface area (TPSA) is 41.1 Å². The molecule has 0 aromatic carbocycles. The Bertz CT molecular complexity index is 188. The quantitative estimate of drug-likeness (QED) is 0.554. The number of rotatable bonds is 1. The van der Waals surface area contributed by atoms with Crippen LogP contribution >= 0.6 is 0 Å². The molecule has 0 atom stereocenters. The van der Waals surface area contributed by atoms with E-state index in [9.17, 15) is 9.18 Å². The molecule has 1 amide bonds. The first-order valence-corrected chi connectivity index (χ1v) is 3.16. The van der Waals surface area contributed by atoms with Crippen LogP contribution in [0.2, 0.25) is 0 Å². The monoisotopic (exact) mass is 144 g/mol. The fourth-order valence-electron chi connectivity index (χ4n) is 0.804. The molecule has 56 valence electrons. The number of allylic oxidation sites excluding steroid dienone is 1. The lowest BCUT2D eigenvalue weighted by Crippen LogP contribution is -2.39. The maximum Gasteiger partial charge on any atom is 0.283 e. The number of carbonyl (C=O) groups is 1. The van der Waals surface area contributed by atoms with Crippen LogP contribution in [-0.2, 0) is 4.79 Å². The minimum Gasteiger partial charge on any atom is -0.369 e. The fourth-order valence-corrected chi connectivity index (χ4v) is 0.804. The summed E-state index contributed by atoms with van der Waals surface area (Å²) in [4.78, 5) is 10.6. The molecule has 1 aliphatic rings. The van der Waals surface area contributed by atoms with Gasteiger partial charge in [-0.05, 0) is 6.42 Å². The molecule has 0 aliphatic carbocycles. The van der Waals surface area contributed by atoms with Gasteiger partial charge in [0.1, 0.15) is 0 Å². The second kappa shape index (κ2) is 2.68. The van der Waals surface area contributed by atoms with E-state index in [1.54, 1.807) is 6.92 Å². The van der Waals surface area contributed by atoms with E-state index in [-0.39, 0.29) is 0 Å². The van der Waals surface area contributed by atoms with Gasteiger partial charge in [-0.1, -0.05) is 6.92 Å². The Morgan fingerprint density at radius 2 is 2.30 bits per heavy atom. The molecule has 4 heteroatoms. The lowest BCUT2D eigenvalue weighted by molar-refractivity contribution is -0.119. The molecule has 0 aromatic heterocycles. The van der Waals surface area contributed by atoms with Crippen molar-refractivity contribution in [3.05, 3.63) is 11.5 Å². The van der Waals surface area contributed by atoms with Gasteiger partial charge in [-0.15, -0.1) is 0 Å². The van der Waals surface area contributed by atoms with Gasteiger partial charge in [-0.2, -0.15) is 4.39 Å². The van der Waals surface area contributed by atoms with Crippen LogP contribution in [0.1, 0.15) is 13.3 Å². The van der Waals surface area contributed by atoms with Gasteiger partial charge >= 0.3 is 0 Å². The van der Waals surface area contributed by atoms with Gasteiger partial charge in [-0.25, -0.2) is 0 Å². The first-order chi connectivity index (χ1) is 4.75. The van der Waals surface area contributed by atoms with Crippen molar-refractivity contribution < 1.29 is 9.18 Å². The van der Waals surface area contributed by atoms with Crippen molar-refractivity contribution in [2.75, 3.05) is 6.67 Å². The van der Waals surface area contributed by atoms with Crippen molar-refractivity contribution in [1.29, 1.82) is 0 Å². The van der Waals surface area contributed by atoms with E-state index in [2.05, 4.69) is 10.6 Å². The molecule has 3 nitrogen and oxygen atoms in total. The average molecular weight is 144 g/mol. The minimum atomic E-state index is -0.686. The lowest BCUT2D eigenvalue weighted by Gasteiger charge is -2.16. The zero-order chi connectivity index (χ0) is 7.56. The summed E-state index contributed by atoms with van der Waals surface area (Å²) in [5.74, 6) is -1.30. The highest BCUT2D eigenvalue weighted by Crippen LogP contribution is 2.09. The third-order valence-corrected chi connectivity index (χ3v) is 1.37. The van der Waals surface area contributed by atoms with E-state index < -0.39 is 11.7 Å². The predicted molar refractivity (Wildman–Crippen MR) is 34.6 cm³/mol. The third kappa shape index (κ3) is 1.10. The third-order valence-electron chi connectivity index (χ3n) is 1.37. The summed E-state index contributed by atoms with van der Waals surface area (Å²) < 4.78 is 12.6. The first-order valence-electron chi connectivity index (χ1n) is 3.16. The van der Waals surface area contributed by atoms with Gasteiger partial charge in [0.05, 0.1) is 12.4 Å². The molecule has 1 aliphatic heterocycles. The average Bonchev–Trinajstić information content (AvgIpc) is 1.95. The number of carbonyl (C=O) groups excluding carboxylic acids is 1. The van der Waals surface area contributed by atoms with E-state index in [0.717, 1.165) is 0 Å². The van der Waals surface area contributed by atoms with E-state index in [4.69, 9.17) is 0 Å². The van der Waals surface area contributed by atoms with Crippen molar-refractivity contribution in [2.45, 2.75) is 13.3 Å². The first kappa shape index (κ1) is 7.05. The van der Waals surface area contributed by atoms with Crippen LogP contribution in [0.5, 0.6) is 0 Å². The van der Waals surface area contributed by atoms with Crippen LogP contribution < -0.4 is 10.6 Å². The van der Waals surface area contributed by atoms with Crippen LogP contribution in [0.25, 0.3) is 0 Å². The van der Waals surface area contributed by atoms with Crippen molar-refractivity contribution in [3.63, 3.8) is 0 Å². The molecule has 0 radical (unpaired) electrons. The molecule has 10 heavy (non-hydrogen) atoms. The predicted octanol–water partition coefficient (Wildman–Crippen LogP) is 0.254. The summed E-state index contributed by atoms with van der Waals surface area (Å²) in [6.07, 6.45) is 0.527. The Labute approximate surface area is 58.3 Å². The van der Waals surface area contributed by atoms with Crippen molar-refractivity contribution in [1.82, 2.24) is 10.6 Å². The molecule has 0 bridgehead atoms. The fraction of sp³-hybridized carbons (Fsp3) is 0.500. The Balaban J connectivity index is 2.82. The van der Waals surface area contributed by atoms with Gasteiger partial charge in [0, 0.05) is 0 Å². The second-order valence-corrected chi connectivity index (χ2v) is 2.01. The summed E-state index contributed by atoms with van der Waals surface area (Å²) in [7, 11) is 0. The SMILES string of the molecule is CCC1=C(F)C(=O)NCN1. The Kier molecular flexibility index (Phi) is 1.89. The molecular formula is C6H9FN2O. The van der Waals surface area contributed by atoms with Crippen LogP contribution in [0, 0.1) is 0 Å². The molecule has 0 unspecified atom stereocenters. The minimum absolute atomic E-state index is 0.329. The highest BCUT2D eigenvalue weighted by atomic mass is 19.1. The van der Waals surface area contributed by atoms with E-state index in [1.807, 2.05) is 0 Å². The van der Waals surface area contributed by atoms with Gasteiger partial charge in [0.25, 0.3) is 5.91 Å². The maximum absolute atomic E-state index is 12.6. The Morgan fingerprint density at radius 1 is 1.60 bits per heavy atom. The number of amides is 1. The smallest absolute Gasteiger partial charge is 0.283 e. The summed E-state index contributed by atoms with van der Waals surface area (Å²) in [5, 5.41) is 5.03. The lowest BCUT2D eigenvalue weighted by atomic mass is 10.2. The largest absolute Gasteiger partial charge is 0.369 e. The molecule has 0 saturated heterocycles. The highest BCUT2D eigenvalue weighted by molar-refractivity contribution is 5.92. The van der Waals surface area contributed by atoms with Crippen LogP contribution in [0.15, 0.2) is 11.5 Å². The molecule has 1 heterocycles. The molecule has 1 rings (SSSR count). The van der Waals surface area contributed by atoms with Crippen LogP contribution in [-0.4, -0.2) is 12.6 Å². The van der Waals surface area contributed by atoms with Crippen molar-refractivity contribution in [3.8, 4) is 0 Å². The normalized spacial score (nSPS) is 18.4. The summed E-state index contributed by atoms with van der Waals surface area (Å²) in [6.45, 7) is 2.12. The van der Waals surface area contributed by atoms with Crippen molar-refractivity contribution >= 4 is 5.91 Å². The molecule has 2 N–H and O–H groups in total. The van der Waals surface area contributed by atoms with E-state index in [1.165, 1.54) is 0 Å². The van der Waals surface area contributed by atoms with E-state index in [0.29, 0.717) is 18.8 Å². The maximum atomic E-state index is 12.6. The standard InChI is InChI=1S/C6H9FN2O/c1-2-4-5(7)6(10)9-3-8-4/h8H,2-3H2,1H3,(H,9,10). The summed E-state index contributed by atoms with van der Waals surface area (Å²) in [6, 6.07) is 0. The highest BCUT2D eigenvalue weighted by Gasteiger charge is 2.17. The number of nitrogens with one attached hydrogen (secondary N) is 2. The van der Waals surface area contributed by atoms with Gasteiger partial charge < -0.3 is 10.6 Å². The number of hydrogen-bond acceptors (Lipinski definition) is 2. The number of halogens is 1. The summed E-state index contributed by atoms with van der Waals surface area (Å²) in [5.41, 5.74) is 0.392. The van der Waals surface area contributed by atoms with E-state index >= 15 is 0 Å². The molecule has 0 aromatic rings. The molecular weight excluding hydrogens is 135 g/mol. The number of hydrogen-bond donors (Lipinski definition) is 2.